The summed E-state index contributed by atoms with van der Waals surface area (Å²) in [7, 11) is -3.36. The van der Waals surface area contributed by atoms with E-state index in [1.165, 1.54) is 0 Å². The lowest BCUT2D eigenvalue weighted by atomic mass is 10.0. The number of hydrogen-bond donors (Lipinski definition) is 1. The zero-order valence-corrected chi connectivity index (χ0v) is 14.2. The highest BCUT2D eigenvalue weighted by atomic mass is 35.5. The molecule has 6 heteroatoms. The highest BCUT2D eigenvalue weighted by Gasteiger charge is 2.16. The predicted octanol–water partition coefficient (Wildman–Crippen LogP) is 4.23. The van der Waals surface area contributed by atoms with Gasteiger partial charge in [-0.1, -0.05) is 31.5 Å². The number of rotatable bonds is 8. The van der Waals surface area contributed by atoms with Crippen LogP contribution in [0.4, 0.5) is 5.69 Å². The molecule has 0 aliphatic carbocycles. The van der Waals surface area contributed by atoms with E-state index in [1.54, 1.807) is 0 Å². The van der Waals surface area contributed by atoms with Gasteiger partial charge in [-0.05, 0) is 42.9 Å². The Bertz CT molecular complexity index is 544. The van der Waals surface area contributed by atoms with Gasteiger partial charge in [0, 0.05) is 10.9 Å². The molecule has 0 spiro atoms. The van der Waals surface area contributed by atoms with E-state index < -0.39 is 10.0 Å². The first-order chi connectivity index (χ1) is 9.45. The highest BCUT2D eigenvalue weighted by molar-refractivity contribution is 7.92. The Morgan fingerprint density at radius 1 is 1.15 bits per heavy atom. The van der Waals surface area contributed by atoms with Crippen LogP contribution in [-0.4, -0.2) is 20.1 Å². The zero-order chi connectivity index (χ0) is 15.2. The highest BCUT2D eigenvalue weighted by Crippen LogP contribution is 2.30. The molecule has 0 unspecified atom stereocenters. The zero-order valence-electron chi connectivity index (χ0n) is 11.9. The van der Waals surface area contributed by atoms with Crippen LogP contribution in [0.25, 0.3) is 0 Å². The van der Waals surface area contributed by atoms with E-state index in [1.807, 2.05) is 26.0 Å². The van der Waals surface area contributed by atoms with Crippen molar-refractivity contribution in [2.45, 2.75) is 39.5 Å². The third-order valence-electron chi connectivity index (χ3n) is 3.13. The average Bonchev–Trinajstić information content (AvgIpc) is 2.39. The summed E-state index contributed by atoms with van der Waals surface area (Å²) >= 11 is 11.7. The van der Waals surface area contributed by atoms with E-state index >= 15 is 0 Å². The summed E-state index contributed by atoms with van der Waals surface area (Å²) < 4.78 is 27.0. The van der Waals surface area contributed by atoms with Gasteiger partial charge in [0.15, 0.2) is 0 Å². The molecule has 0 saturated carbocycles. The Labute approximate surface area is 131 Å². The summed E-state index contributed by atoms with van der Waals surface area (Å²) in [5.41, 5.74) is 2.47. The van der Waals surface area contributed by atoms with Crippen molar-refractivity contribution < 1.29 is 8.42 Å². The van der Waals surface area contributed by atoms with Crippen LogP contribution in [0.2, 0.25) is 5.02 Å². The first kappa shape index (κ1) is 17.6. The van der Waals surface area contributed by atoms with Crippen LogP contribution in [0.1, 0.15) is 37.8 Å². The summed E-state index contributed by atoms with van der Waals surface area (Å²) in [4.78, 5) is 0. The Morgan fingerprint density at radius 2 is 1.85 bits per heavy atom. The number of hydrogen-bond acceptors (Lipinski definition) is 2. The van der Waals surface area contributed by atoms with Gasteiger partial charge in [-0.15, -0.1) is 11.6 Å². The first-order valence-corrected chi connectivity index (χ1v) is 9.38. The summed E-state index contributed by atoms with van der Waals surface area (Å²) in [5.74, 6) is 0.561. The number of aryl methyl sites for hydroxylation is 1. The number of nitrogens with one attached hydrogen (secondary N) is 1. The minimum absolute atomic E-state index is 0.0819. The molecule has 0 bridgehead atoms. The number of sulfonamides is 1. The summed E-state index contributed by atoms with van der Waals surface area (Å²) in [5, 5.41) is 0.600. The van der Waals surface area contributed by atoms with Crippen LogP contribution in [0, 0.1) is 0 Å². The molecule has 0 heterocycles. The van der Waals surface area contributed by atoms with Gasteiger partial charge in [0.2, 0.25) is 10.0 Å². The largest absolute Gasteiger partial charge is 0.283 e. The van der Waals surface area contributed by atoms with E-state index in [4.69, 9.17) is 23.2 Å². The Balaban J connectivity index is 3.03. The third-order valence-corrected chi connectivity index (χ3v) is 5.09. The van der Waals surface area contributed by atoms with Crippen LogP contribution in [0.5, 0.6) is 0 Å². The summed E-state index contributed by atoms with van der Waals surface area (Å²) in [6, 6.07) is 3.70. The topological polar surface area (TPSA) is 46.2 Å². The number of halogens is 2. The van der Waals surface area contributed by atoms with Crippen LogP contribution in [-0.2, 0) is 22.9 Å². The van der Waals surface area contributed by atoms with Crippen LogP contribution < -0.4 is 4.72 Å². The van der Waals surface area contributed by atoms with Gasteiger partial charge in [-0.2, -0.15) is 0 Å². The monoisotopic (exact) mass is 337 g/mol. The lowest BCUT2D eigenvalue weighted by Crippen LogP contribution is -2.19. The van der Waals surface area contributed by atoms with Crippen molar-refractivity contribution in [2.75, 3.05) is 16.4 Å². The van der Waals surface area contributed by atoms with E-state index in [9.17, 15) is 8.42 Å². The molecule has 0 aliphatic rings. The van der Waals surface area contributed by atoms with Crippen molar-refractivity contribution in [3.63, 3.8) is 0 Å². The Kier molecular flexibility index (Phi) is 7.13. The Hall–Kier alpha value is -0.450. The molecule has 114 valence electrons. The smallest absolute Gasteiger partial charge is 0.232 e. The minimum atomic E-state index is -3.36. The summed E-state index contributed by atoms with van der Waals surface area (Å²) in [6.07, 6.45) is 2.69. The molecule has 0 atom stereocenters. The maximum atomic E-state index is 12.1. The number of alkyl halides is 1. The number of benzene rings is 1. The second kappa shape index (κ2) is 8.11. The van der Waals surface area contributed by atoms with E-state index in [0.29, 0.717) is 35.9 Å². The third kappa shape index (κ3) is 4.83. The molecular formula is C14H21Cl2NO2S. The van der Waals surface area contributed by atoms with Crippen molar-refractivity contribution in [3.05, 3.63) is 28.3 Å². The van der Waals surface area contributed by atoms with Gasteiger partial charge >= 0.3 is 0 Å². The molecule has 1 rings (SSSR count). The van der Waals surface area contributed by atoms with Gasteiger partial charge in [0.1, 0.15) is 0 Å². The second-order valence-electron chi connectivity index (χ2n) is 4.58. The van der Waals surface area contributed by atoms with Crippen molar-refractivity contribution in [1.29, 1.82) is 0 Å². The number of anilines is 1. The first-order valence-electron chi connectivity index (χ1n) is 6.81. The maximum Gasteiger partial charge on any atom is 0.232 e. The second-order valence-corrected chi connectivity index (χ2v) is 7.21. The molecule has 0 aromatic heterocycles. The molecular weight excluding hydrogens is 317 g/mol. The normalized spacial score (nSPS) is 11.6. The van der Waals surface area contributed by atoms with Crippen molar-refractivity contribution in [1.82, 2.24) is 0 Å². The fraction of sp³-hybridized carbons (Fsp3) is 0.571. The van der Waals surface area contributed by atoms with Crippen molar-refractivity contribution in [3.8, 4) is 0 Å². The molecule has 0 amide bonds. The fourth-order valence-corrected chi connectivity index (χ4v) is 3.76. The summed E-state index contributed by atoms with van der Waals surface area (Å²) in [6.45, 7) is 3.96. The molecule has 20 heavy (non-hydrogen) atoms. The van der Waals surface area contributed by atoms with Gasteiger partial charge in [-0.3, -0.25) is 4.72 Å². The van der Waals surface area contributed by atoms with Gasteiger partial charge in [0.05, 0.1) is 11.4 Å². The maximum absolute atomic E-state index is 12.1. The van der Waals surface area contributed by atoms with Gasteiger partial charge in [0.25, 0.3) is 0 Å². The van der Waals surface area contributed by atoms with E-state index in [-0.39, 0.29) is 5.75 Å². The average molecular weight is 338 g/mol. The van der Waals surface area contributed by atoms with Crippen LogP contribution in [0.3, 0.4) is 0 Å². The number of unbranched alkanes of at least 4 members (excludes halogenated alkanes) is 1. The van der Waals surface area contributed by atoms with Crippen LogP contribution in [0.15, 0.2) is 12.1 Å². The molecule has 3 nitrogen and oxygen atoms in total. The predicted molar refractivity (Wildman–Crippen MR) is 87.6 cm³/mol. The van der Waals surface area contributed by atoms with E-state index in [0.717, 1.165) is 17.5 Å². The SMILES string of the molecule is CCc1ccc(Cl)c(CC)c1NS(=O)(=O)CCCCCl. The van der Waals surface area contributed by atoms with Crippen molar-refractivity contribution >= 4 is 38.9 Å². The van der Waals surface area contributed by atoms with E-state index in [2.05, 4.69) is 4.72 Å². The standard InChI is InChI=1S/C14H21Cl2NO2S/c1-3-11-7-8-13(16)12(4-2)14(11)17-20(18,19)10-6-5-9-15/h7-8,17H,3-6,9-10H2,1-2H3. The molecule has 0 aliphatic heterocycles. The molecule has 0 fully saturated rings. The minimum Gasteiger partial charge on any atom is -0.283 e. The van der Waals surface area contributed by atoms with Crippen LogP contribution >= 0.6 is 23.2 Å². The lowest BCUT2D eigenvalue weighted by molar-refractivity contribution is 0.598. The van der Waals surface area contributed by atoms with Crippen molar-refractivity contribution in [2.24, 2.45) is 0 Å². The fourth-order valence-electron chi connectivity index (χ4n) is 2.03. The molecule has 1 N–H and O–H groups in total. The Morgan fingerprint density at radius 3 is 2.40 bits per heavy atom. The van der Waals surface area contributed by atoms with Gasteiger partial charge in [-0.25, -0.2) is 8.42 Å². The molecule has 1 aromatic rings. The quantitative estimate of drug-likeness (QED) is 0.570. The van der Waals surface area contributed by atoms with Gasteiger partial charge < -0.3 is 0 Å². The lowest BCUT2D eigenvalue weighted by Gasteiger charge is -2.17. The molecule has 0 radical (unpaired) electrons. The molecule has 0 saturated heterocycles. The molecule has 1 aromatic carbocycles.